The highest BCUT2D eigenvalue weighted by atomic mass is 31.2. The number of phosphoric ester groups is 2. The summed E-state index contributed by atoms with van der Waals surface area (Å²) in [5, 5.41) is 29.9. The van der Waals surface area contributed by atoms with E-state index >= 15 is 0 Å². The first kappa shape index (κ1) is 55.5. The van der Waals surface area contributed by atoms with Gasteiger partial charge in [0, 0.05) is 12.8 Å². The van der Waals surface area contributed by atoms with Gasteiger partial charge in [-0.25, -0.2) is 9.13 Å². The normalized spacial score (nSPS) is 16.2. The number of carbonyl (C=O) groups is 2. The summed E-state index contributed by atoms with van der Waals surface area (Å²) in [6.45, 7) is 0.107. The zero-order valence-electron chi connectivity index (χ0n) is 34.4. The molecule has 0 spiro atoms. The van der Waals surface area contributed by atoms with E-state index in [2.05, 4.69) is 50.2 Å². The van der Waals surface area contributed by atoms with Crippen LogP contribution < -0.4 is 0 Å². The Labute approximate surface area is 345 Å². The molecule has 0 radical (unpaired) electrons. The van der Waals surface area contributed by atoms with Crippen molar-refractivity contribution in [3.63, 3.8) is 0 Å². The largest absolute Gasteiger partial charge is 0.472 e. The van der Waals surface area contributed by atoms with Gasteiger partial charge in [0.2, 0.25) is 0 Å². The maximum atomic E-state index is 12.1. The molecule has 0 aliphatic carbocycles. The third kappa shape index (κ3) is 39.0. The number of hydrogen-bond donors (Lipinski definition) is 5. The number of unbranched alkanes of at least 4 members (excludes halogenated alkanes) is 10. The molecule has 0 aliphatic rings. The number of phosphoric acid groups is 2. The Morgan fingerprint density at radius 3 is 1.29 bits per heavy atom. The van der Waals surface area contributed by atoms with Gasteiger partial charge in [0.05, 0.1) is 26.4 Å². The highest BCUT2D eigenvalue weighted by molar-refractivity contribution is 7.47. The van der Waals surface area contributed by atoms with Crippen molar-refractivity contribution in [1.82, 2.24) is 0 Å². The number of aliphatic hydroxyl groups excluding tert-OH is 3. The lowest BCUT2D eigenvalue weighted by molar-refractivity contribution is -0.148. The van der Waals surface area contributed by atoms with Crippen LogP contribution in [0, 0.1) is 0 Å². The predicted octanol–water partition coefficient (Wildman–Crippen LogP) is 8.04. The summed E-state index contributed by atoms with van der Waals surface area (Å²) in [6, 6.07) is 0. The zero-order chi connectivity index (χ0) is 43.2. The minimum absolute atomic E-state index is 0.0964. The molecule has 5 atom stereocenters. The van der Waals surface area contributed by atoms with Crippen LogP contribution in [-0.2, 0) is 46.3 Å². The van der Waals surface area contributed by atoms with Gasteiger partial charge in [-0.15, -0.1) is 0 Å². The maximum Gasteiger partial charge on any atom is 0.472 e. The molecule has 5 N–H and O–H groups in total. The fourth-order valence-electron chi connectivity index (χ4n) is 4.59. The summed E-state index contributed by atoms with van der Waals surface area (Å²) >= 11 is 0. The molecule has 0 saturated carbocycles. The first-order chi connectivity index (χ1) is 27.8. The average molecular weight is 865 g/mol. The monoisotopic (exact) mass is 864 g/mol. The van der Waals surface area contributed by atoms with Crippen molar-refractivity contribution in [2.75, 3.05) is 39.6 Å². The lowest BCUT2D eigenvalue weighted by atomic mass is 10.1. The molecule has 0 bridgehead atoms. The van der Waals surface area contributed by atoms with Gasteiger partial charge in [0.15, 0.2) is 0 Å². The molecule has 0 amide bonds. The average Bonchev–Trinajstić information content (AvgIpc) is 3.19. The van der Waals surface area contributed by atoms with Gasteiger partial charge < -0.3 is 34.6 Å². The maximum absolute atomic E-state index is 12.1. The molecule has 0 aromatic rings. The van der Waals surface area contributed by atoms with Crippen LogP contribution in [0.15, 0.2) is 72.9 Å². The van der Waals surface area contributed by atoms with Gasteiger partial charge in [-0.05, 0) is 51.4 Å². The molecule has 58 heavy (non-hydrogen) atoms. The molecule has 0 fully saturated rings. The van der Waals surface area contributed by atoms with Crippen LogP contribution in [-0.4, -0.2) is 95.0 Å². The summed E-state index contributed by atoms with van der Waals surface area (Å²) in [7, 11) is -9.59. The Morgan fingerprint density at radius 1 is 0.466 bits per heavy atom. The number of ether oxygens (including phenoxy) is 2. The van der Waals surface area contributed by atoms with Crippen LogP contribution in [0.1, 0.15) is 117 Å². The number of hydrogen-bond acceptors (Lipinski definition) is 13. The number of aliphatic hydroxyl groups is 3. The summed E-state index contributed by atoms with van der Waals surface area (Å²) in [5.74, 6) is -1.09. The summed E-state index contributed by atoms with van der Waals surface area (Å²) in [5.41, 5.74) is 0. The molecule has 0 aromatic heterocycles. The number of carbonyl (C=O) groups excluding carboxylic acids is 2. The van der Waals surface area contributed by atoms with Crippen molar-refractivity contribution in [3.8, 4) is 0 Å². The van der Waals surface area contributed by atoms with Gasteiger partial charge in [0.1, 0.15) is 31.5 Å². The molecule has 0 saturated heterocycles. The standard InChI is InChI=1S/C41H70O15P2/c1-3-5-7-9-11-13-15-17-19-21-23-25-27-29-40(45)51-31-37(42)33-53-57(47,48)55-35-39(44)36-56-58(49,50)54-34-38(43)32-52-41(46)30-28-26-24-22-20-18-16-14-12-10-8-6-4-2/h5,7,9,11,13,15,17-21,23,37-39,42-44H,3-4,6,8,10,12,14,16,22,24-36H2,1-2H3,(H,47,48)(H,49,50)/b7-5+,11-9+,15-13-,19-17-,20-18-,23-21+. The lowest BCUT2D eigenvalue weighted by Crippen LogP contribution is -2.25. The third-order valence-electron chi connectivity index (χ3n) is 7.77. The van der Waals surface area contributed by atoms with E-state index < -0.39 is 85.5 Å². The van der Waals surface area contributed by atoms with Gasteiger partial charge in [-0.2, -0.15) is 0 Å². The zero-order valence-corrected chi connectivity index (χ0v) is 36.2. The molecule has 5 unspecified atom stereocenters. The molecule has 0 aliphatic heterocycles. The van der Waals surface area contributed by atoms with E-state index in [4.69, 9.17) is 9.47 Å². The number of rotatable bonds is 38. The van der Waals surface area contributed by atoms with E-state index in [1.165, 1.54) is 38.5 Å². The van der Waals surface area contributed by atoms with Crippen LogP contribution >= 0.6 is 15.6 Å². The molecule has 334 valence electrons. The second-order valence-electron chi connectivity index (χ2n) is 13.4. The van der Waals surface area contributed by atoms with E-state index in [0.717, 1.165) is 32.1 Å². The van der Waals surface area contributed by atoms with Crippen molar-refractivity contribution < 1.29 is 71.4 Å². The molecule has 15 nitrogen and oxygen atoms in total. The van der Waals surface area contributed by atoms with Gasteiger partial charge in [0.25, 0.3) is 0 Å². The molecule has 0 aromatic carbocycles. The first-order valence-corrected chi connectivity index (χ1v) is 23.3. The van der Waals surface area contributed by atoms with E-state index in [1.807, 2.05) is 54.7 Å². The van der Waals surface area contributed by atoms with E-state index in [1.54, 1.807) is 0 Å². The minimum atomic E-state index is -4.80. The highest BCUT2D eigenvalue weighted by Gasteiger charge is 2.28. The van der Waals surface area contributed by atoms with Crippen LogP contribution in [0.3, 0.4) is 0 Å². The number of allylic oxidation sites excluding steroid dienone is 12. The third-order valence-corrected chi connectivity index (χ3v) is 9.68. The summed E-state index contributed by atoms with van der Waals surface area (Å²) in [4.78, 5) is 43.5. The topological polar surface area (TPSA) is 225 Å². The molecular weight excluding hydrogens is 794 g/mol. The molecule has 0 rings (SSSR count). The number of esters is 2. The quantitative estimate of drug-likeness (QED) is 0.0130. The lowest BCUT2D eigenvalue weighted by Gasteiger charge is -2.19. The smallest absolute Gasteiger partial charge is 0.463 e. The van der Waals surface area contributed by atoms with Gasteiger partial charge >= 0.3 is 27.6 Å². The second-order valence-corrected chi connectivity index (χ2v) is 16.3. The van der Waals surface area contributed by atoms with Crippen molar-refractivity contribution in [1.29, 1.82) is 0 Å². The van der Waals surface area contributed by atoms with Crippen LogP contribution in [0.5, 0.6) is 0 Å². The van der Waals surface area contributed by atoms with E-state index in [-0.39, 0.29) is 12.8 Å². The SMILES string of the molecule is CC/C=C/C=C/C=C\C=C/C=C/CCCC(=O)OCC(O)COP(=O)(O)OCC(O)COP(=O)(O)OCC(O)COC(=O)CCCCC/C=C\CCCCCCCC. The van der Waals surface area contributed by atoms with Crippen LogP contribution in [0.2, 0.25) is 0 Å². The molecular formula is C41H70O15P2. The van der Waals surface area contributed by atoms with Gasteiger partial charge in [-0.1, -0.05) is 125 Å². The Morgan fingerprint density at radius 2 is 0.828 bits per heavy atom. The Balaban J connectivity index is 4.05. The Hall–Kier alpha value is -2.52. The van der Waals surface area contributed by atoms with Crippen molar-refractivity contribution in [2.45, 2.75) is 135 Å². The minimum Gasteiger partial charge on any atom is -0.463 e. The Kier molecular flexibility index (Phi) is 35.8. The second kappa shape index (κ2) is 37.5. The van der Waals surface area contributed by atoms with Crippen LogP contribution in [0.25, 0.3) is 0 Å². The van der Waals surface area contributed by atoms with Crippen molar-refractivity contribution in [2.24, 2.45) is 0 Å². The van der Waals surface area contributed by atoms with Crippen molar-refractivity contribution >= 4 is 27.6 Å². The summed E-state index contributed by atoms with van der Waals surface area (Å²) in [6.07, 6.45) is 33.5. The summed E-state index contributed by atoms with van der Waals surface area (Å²) < 4.78 is 52.6. The molecule has 17 heteroatoms. The van der Waals surface area contributed by atoms with Crippen molar-refractivity contribution in [3.05, 3.63) is 72.9 Å². The fourth-order valence-corrected chi connectivity index (χ4v) is 6.18. The van der Waals surface area contributed by atoms with E-state index in [9.17, 15) is 43.8 Å². The highest BCUT2D eigenvalue weighted by Crippen LogP contribution is 2.45. The predicted molar refractivity (Wildman–Crippen MR) is 223 cm³/mol. The fraction of sp³-hybridized carbons (Fsp3) is 0.659. The van der Waals surface area contributed by atoms with Crippen LogP contribution in [0.4, 0.5) is 0 Å². The van der Waals surface area contributed by atoms with E-state index in [0.29, 0.717) is 19.3 Å². The molecule has 0 heterocycles. The first-order valence-electron chi connectivity index (χ1n) is 20.4. The van der Waals surface area contributed by atoms with Gasteiger partial charge in [-0.3, -0.25) is 27.7 Å². The Bertz CT molecular complexity index is 1330.